The number of hydrogen-bond donors (Lipinski definition) is 0. The van der Waals surface area contributed by atoms with Crippen molar-refractivity contribution in [2.45, 2.75) is 26.7 Å². The van der Waals surface area contributed by atoms with Crippen LogP contribution in [0.2, 0.25) is 0 Å². The molecule has 1 fully saturated rings. The van der Waals surface area contributed by atoms with E-state index in [1.54, 1.807) is 6.26 Å². The second-order valence-electron chi connectivity index (χ2n) is 3.84. The smallest absolute Gasteiger partial charge is 0.148 e. The first kappa shape index (κ1) is 11.1. The fraction of sp³-hybridized carbons (Fsp3) is 0.667. The highest BCUT2D eigenvalue weighted by molar-refractivity contribution is 5.02. The van der Waals surface area contributed by atoms with Crippen LogP contribution >= 0.6 is 0 Å². The minimum Gasteiger partial charge on any atom is -0.489 e. The molecule has 0 aromatic heterocycles. The molecule has 0 radical (unpaired) electrons. The first-order valence-corrected chi connectivity index (χ1v) is 5.22. The number of rotatable bonds is 3. The average Bonchev–Trinajstić information content (AvgIpc) is 2.63. The van der Waals surface area contributed by atoms with Crippen LogP contribution in [0.4, 0.5) is 0 Å². The van der Waals surface area contributed by atoms with Gasteiger partial charge in [0.05, 0.1) is 12.8 Å². The van der Waals surface area contributed by atoms with Crippen LogP contribution in [0.5, 0.6) is 0 Å². The molecule has 14 heavy (non-hydrogen) atoms. The molecule has 0 atom stereocenters. The lowest BCUT2D eigenvalue weighted by atomic mass is 10.4. The third-order valence-corrected chi connectivity index (χ3v) is 2.10. The topological polar surface area (TPSA) is 12.5 Å². The fourth-order valence-corrected chi connectivity index (χ4v) is 1.41. The number of allylic oxidation sites excluding steroid dienone is 1. The molecule has 0 unspecified atom stereocenters. The Hall–Kier alpha value is -0.940. The van der Waals surface area contributed by atoms with Gasteiger partial charge in [-0.3, -0.25) is 4.90 Å². The monoisotopic (exact) mass is 193 g/mol. The van der Waals surface area contributed by atoms with Gasteiger partial charge in [-0.25, -0.2) is 0 Å². The van der Waals surface area contributed by atoms with Crippen molar-refractivity contribution in [2.24, 2.45) is 0 Å². The van der Waals surface area contributed by atoms with Gasteiger partial charge in [-0.05, 0) is 45.4 Å². The molecular weight excluding hydrogens is 174 g/mol. The molecule has 0 saturated carbocycles. The van der Waals surface area contributed by atoms with Crippen LogP contribution in [-0.4, -0.2) is 31.1 Å². The summed E-state index contributed by atoms with van der Waals surface area (Å²) in [5.41, 5.74) is 1.17. The summed E-state index contributed by atoms with van der Waals surface area (Å²) in [6, 6.07) is 0. The summed E-state index contributed by atoms with van der Waals surface area (Å²) < 4.78 is 5.21. The van der Waals surface area contributed by atoms with Gasteiger partial charge in [0.1, 0.15) is 6.61 Å². The van der Waals surface area contributed by atoms with Gasteiger partial charge in [0, 0.05) is 0 Å². The molecule has 0 N–H and O–H groups in total. The van der Waals surface area contributed by atoms with Crippen molar-refractivity contribution in [3.05, 3.63) is 11.8 Å². The normalized spacial score (nSPS) is 15.9. The van der Waals surface area contributed by atoms with Crippen LogP contribution in [0.15, 0.2) is 11.8 Å². The van der Waals surface area contributed by atoms with Crippen LogP contribution in [-0.2, 0) is 4.74 Å². The van der Waals surface area contributed by atoms with E-state index in [4.69, 9.17) is 4.74 Å². The Balaban J connectivity index is 2.05. The lowest BCUT2D eigenvalue weighted by Crippen LogP contribution is -2.19. The van der Waals surface area contributed by atoms with Crippen LogP contribution in [0.1, 0.15) is 26.7 Å². The van der Waals surface area contributed by atoms with E-state index in [0.717, 1.165) is 6.54 Å². The Labute approximate surface area is 86.9 Å². The van der Waals surface area contributed by atoms with Gasteiger partial charge in [-0.1, -0.05) is 11.8 Å². The van der Waals surface area contributed by atoms with E-state index in [2.05, 4.69) is 16.7 Å². The van der Waals surface area contributed by atoms with Crippen LogP contribution in [0, 0.1) is 11.8 Å². The largest absolute Gasteiger partial charge is 0.489 e. The van der Waals surface area contributed by atoms with Crippen molar-refractivity contribution >= 4 is 0 Å². The van der Waals surface area contributed by atoms with Gasteiger partial charge in [0.25, 0.3) is 0 Å². The maximum Gasteiger partial charge on any atom is 0.148 e. The number of likely N-dealkylation sites (tertiary alicyclic amines) is 1. The highest BCUT2D eigenvalue weighted by Crippen LogP contribution is 2.05. The minimum atomic E-state index is 0.513. The summed E-state index contributed by atoms with van der Waals surface area (Å²) in [5, 5.41) is 0. The highest BCUT2D eigenvalue weighted by atomic mass is 16.5. The summed E-state index contributed by atoms with van der Waals surface area (Å²) in [4.78, 5) is 2.38. The fourth-order valence-electron chi connectivity index (χ4n) is 1.41. The molecule has 0 spiro atoms. The Morgan fingerprint density at radius 1 is 1.29 bits per heavy atom. The zero-order valence-electron chi connectivity index (χ0n) is 9.18. The molecule has 78 valence electrons. The molecule has 1 aliphatic heterocycles. The molecule has 0 aliphatic carbocycles. The summed E-state index contributed by atoms with van der Waals surface area (Å²) in [7, 11) is 0. The molecular formula is C12H19NO. The third kappa shape index (κ3) is 4.94. The lowest BCUT2D eigenvalue weighted by Gasteiger charge is -2.08. The molecule has 2 nitrogen and oxygen atoms in total. The summed E-state index contributed by atoms with van der Waals surface area (Å²) in [6.07, 6.45) is 4.41. The molecule has 1 saturated heterocycles. The second-order valence-corrected chi connectivity index (χ2v) is 3.84. The van der Waals surface area contributed by atoms with Gasteiger partial charge in [-0.2, -0.15) is 0 Å². The van der Waals surface area contributed by atoms with Crippen molar-refractivity contribution in [1.82, 2.24) is 4.90 Å². The summed E-state index contributed by atoms with van der Waals surface area (Å²) >= 11 is 0. The zero-order chi connectivity index (χ0) is 10.2. The molecule has 0 aromatic rings. The van der Waals surface area contributed by atoms with Crippen molar-refractivity contribution in [3.8, 4) is 11.8 Å². The van der Waals surface area contributed by atoms with Gasteiger partial charge < -0.3 is 4.74 Å². The van der Waals surface area contributed by atoms with E-state index in [1.807, 2.05) is 13.8 Å². The maximum absolute atomic E-state index is 5.21. The minimum absolute atomic E-state index is 0.513. The lowest BCUT2D eigenvalue weighted by molar-refractivity contribution is 0.292. The van der Waals surface area contributed by atoms with Gasteiger partial charge in [0.2, 0.25) is 0 Å². The molecule has 1 aliphatic rings. The molecule has 0 bridgehead atoms. The first-order valence-electron chi connectivity index (χ1n) is 5.22. The van der Waals surface area contributed by atoms with E-state index in [9.17, 15) is 0 Å². The second kappa shape index (κ2) is 6.50. The van der Waals surface area contributed by atoms with E-state index in [1.165, 1.54) is 31.5 Å². The molecule has 2 heteroatoms. The van der Waals surface area contributed by atoms with Gasteiger partial charge in [0.15, 0.2) is 0 Å². The maximum atomic E-state index is 5.21. The highest BCUT2D eigenvalue weighted by Gasteiger charge is 2.08. The number of nitrogens with zero attached hydrogens (tertiary/aromatic N) is 1. The average molecular weight is 193 g/mol. The standard InChI is InChI=1S/C12H19NO/c1-12(2)11-14-10-6-5-9-13-7-3-4-8-13/h11H,3-4,7-10H2,1-2H3. The van der Waals surface area contributed by atoms with Crippen molar-refractivity contribution in [3.63, 3.8) is 0 Å². The van der Waals surface area contributed by atoms with Gasteiger partial charge >= 0.3 is 0 Å². The Kier molecular flexibility index (Phi) is 5.17. The predicted molar refractivity (Wildman–Crippen MR) is 58.8 cm³/mol. The van der Waals surface area contributed by atoms with Crippen LogP contribution < -0.4 is 0 Å². The quantitative estimate of drug-likeness (QED) is 0.386. The molecule has 1 rings (SSSR count). The van der Waals surface area contributed by atoms with E-state index in [-0.39, 0.29) is 0 Å². The summed E-state index contributed by atoms with van der Waals surface area (Å²) in [6.45, 7) is 7.86. The Bertz CT molecular complexity index is 237. The van der Waals surface area contributed by atoms with E-state index in [0.29, 0.717) is 6.61 Å². The SMILES string of the molecule is CC(C)=COCC#CCN1CCCC1. The summed E-state index contributed by atoms with van der Waals surface area (Å²) in [5.74, 6) is 6.13. The van der Waals surface area contributed by atoms with Crippen molar-refractivity contribution < 1.29 is 4.74 Å². The zero-order valence-corrected chi connectivity index (χ0v) is 9.18. The molecule has 0 amide bonds. The van der Waals surface area contributed by atoms with E-state index >= 15 is 0 Å². The van der Waals surface area contributed by atoms with Crippen molar-refractivity contribution in [2.75, 3.05) is 26.2 Å². The molecule has 1 heterocycles. The van der Waals surface area contributed by atoms with Crippen LogP contribution in [0.25, 0.3) is 0 Å². The van der Waals surface area contributed by atoms with Crippen molar-refractivity contribution in [1.29, 1.82) is 0 Å². The predicted octanol–water partition coefficient (Wildman–Crippen LogP) is 2.03. The Morgan fingerprint density at radius 3 is 2.64 bits per heavy atom. The Morgan fingerprint density at radius 2 is 2.00 bits per heavy atom. The molecule has 0 aromatic carbocycles. The first-order chi connectivity index (χ1) is 6.79. The van der Waals surface area contributed by atoms with Gasteiger partial charge in [-0.15, -0.1) is 0 Å². The number of hydrogen-bond acceptors (Lipinski definition) is 2. The third-order valence-electron chi connectivity index (χ3n) is 2.10. The van der Waals surface area contributed by atoms with Crippen LogP contribution in [0.3, 0.4) is 0 Å². The van der Waals surface area contributed by atoms with E-state index < -0.39 is 0 Å². The number of ether oxygens (including phenoxy) is 1.